The van der Waals surface area contributed by atoms with Crippen LogP contribution in [0, 0.1) is 0 Å². The average molecular weight is 192 g/mol. The maximum absolute atomic E-state index is 9.76. The van der Waals surface area contributed by atoms with Crippen LogP contribution in [0.3, 0.4) is 0 Å². The number of aryl methyl sites for hydroxylation is 1. The van der Waals surface area contributed by atoms with Gasteiger partial charge in [-0.25, -0.2) is 4.98 Å². The van der Waals surface area contributed by atoms with Crippen molar-refractivity contribution < 1.29 is 5.11 Å². The Kier molecular flexibility index (Phi) is 1.87. The number of nitrogens with zero attached hydrogens (tertiary/aromatic N) is 2. The lowest BCUT2D eigenvalue weighted by molar-refractivity contribution is 0.133. The molecule has 0 spiro atoms. The van der Waals surface area contributed by atoms with Crippen LogP contribution in [-0.2, 0) is 6.54 Å². The van der Waals surface area contributed by atoms with E-state index >= 15 is 0 Å². The summed E-state index contributed by atoms with van der Waals surface area (Å²) in [5.41, 5.74) is 1.22. The van der Waals surface area contributed by atoms with E-state index < -0.39 is 0 Å². The largest absolute Gasteiger partial charge is 0.385 e. The van der Waals surface area contributed by atoms with Gasteiger partial charge in [0.05, 0.1) is 5.69 Å². The Morgan fingerprint density at radius 3 is 2.79 bits per heavy atom. The highest BCUT2D eigenvalue weighted by atomic mass is 16.3. The highest BCUT2D eigenvalue weighted by Crippen LogP contribution is 2.37. The van der Waals surface area contributed by atoms with Crippen LogP contribution in [0.1, 0.15) is 55.6 Å². The molecule has 76 valence electrons. The van der Waals surface area contributed by atoms with Gasteiger partial charge < -0.3 is 9.67 Å². The fourth-order valence-corrected chi connectivity index (χ4v) is 2.38. The summed E-state index contributed by atoms with van der Waals surface area (Å²) in [7, 11) is 0. The first-order chi connectivity index (χ1) is 6.84. The van der Waals surface area contributed by atoms with Crippen molar-refractivity contribution >= 4 is 0 Å². The van der Waals surface area contributed by atoms with Gasteiger partial charge >= 0.3 is 0 Å². The molecule has 1 aliphatic carbocycles. The molecule has 1 aromatic rings. The van der Waals surface area contributed by atoms with Crippen molar-refractivity contribution in [1.82, 2.24) is 9.55 Å². The minimum absolute atomic E-state index is 0.322. The monoisotopic (exact) mass is 192 g/mol. The van der Waals surface area contributed by atoms with Gasteiger partial charge in [-0.05, 0) is 25.7 Å². The van der Waals surface area contributed by atoms with Crippen molar-refractivity contribution in [1.29, 1.82) is 0 Å². The van der Waals surface area contributed by atoms with E-state index in [0.29, 0.717) is 5.92 Å². The molecule has 0 bridgehead atoms. The van der Waals surface area contributed by atoms with E-state index in [0.717, 1.165) is 25.2 Å². The molecule has 1 aliphatic heterocycles. The number of hydrogen-bond donors (Lipinski definition) is 1. The Morgan fingerprint density at radius 1 is 1.29 bits per heavy atom. The van der Waals surface area contributed by atoms with Crippen LogP contribution >= 0.6 is 0 Å². The molecular weight excluding hydrogens is 176 g/mol. The van der Waals surface area contributed by atoms with Crippen molar-refractivity contribution in [3.8, 4) is 0 Å². The third kappa shape index (κ3) is 1.19. The van der Waals surface area contributed by atoms with E-state index in [4.69, 9.17) is 0 Å². The van der Waals surface area contributed by atoms with Crippen LogP contribution in [0.15, 0.2) is 6.20 Å². The summed E-state index contributed by atoms with van der Waals surface area (Å²) < 4.78 is 2.14. The summed E-state index contributed by atoms with van der Waals surface area (Å²) >= 11 is 0. The number of hydrogen-bond acceptors (Lipinski definition) is 2. The lowest BCUT2D eigenvalue weighted by Gasteiger charge is -2.22. The summed E-state index contributed by atoms with van der Waals surface area (Å²) in [4.78, 5) is 4.57. The molecule has 1 fully saturated rings. The molecule has 0 amide bonds. The number of aliphatic hydroxyl groups excluding tert-OH is 1. The molecule has 1 unspecified atom stereocenters. The first-order valence-electron chi connectivity index (χ1n) is 5.59. The summed E-state index contributed by atoms with van der Waals surface area (Å²) in [6, 6.07) is 0. The van der Waals surface area contributed by atoms with E-state index in [1.54, 1.807) is 0 Å². The van der Waals surface area contributed by atoms with Gasteiger partial charge in [0.2, 0.25) is 0 Å². The third-order valence-corrected chi connectivity index (χ3v) is 3.52. The SMILES string of the molecule is OC1CCCn2cc(C3CCC3)nc21. The van der Waals surface area contributed by atoms with Gasteiger partial charge in [0.25, 0.3) is 0 Å². The van der Waals surface area contributed by atoms with E-state index in [9.17, 15) is 5.11 Å². The second kappa shape index (κ2) is 3.09. The molecule has 2 heterocycles. The fourth-order valence-electron chi connectivity index (χ4n) is 2.38. The maximum Gasteiger partial charge on any atom is 0.137 e. The molecule has 1 N–H and O–H groups in total. The number of fused-ring (bicyclic) bond motifs is 1. The van der Waals surface area contributed by atoms with Gasteiger partial charge in [-0.2, -0.15) is 0 Å². The van der Waals surface area contributed by atoms with Crippen LogP contribution < -0.4 is 0 Å². The quantitative estimate of drug-likeness (QED) is 0.738. The zero-order valence-electron chi connectivity index (χ0n) is 8.32. The molecule has 3 heteroatoms. The number of imidazole rings is 1. The zero-order chi connectivity index (χ0) is 9.54. The Bertz CT molecular complexity index is 341. The molecule has 1 saturated carbocycles. The second-order valence-electron chi connectivity index (χ2n) is 4.50. The van der Waals surface area contributed by atoms with Crippen molar-refractivity contribution in [3.05, 3.63) is 17.7 Å². The predicted molar refractivity (Wildman–Crippen MR) is 53.0 cm³/mol. The Morgan fingerprint density at radius 2 is 2.14 bits per heavy atom. The normalized spacial score (nSPS) is 27.1. The van der Waals surface area contributed by atoms with Gasteiger partial charge in [0.15, 0.2) is 0 Å². The molecule has 1 atom stereocenters. The average Bonchev–Trinajstić information content (AvgIpc) is 2.46. The molecule has 1 aromatic heterocycles. The highest BCUT2D eigenvalue weighted by Gasteiger charge is 2.26. The second-order valence-corrected chi connectivity index (χ2v) is 4.50. The highest BCUT2D eigenvalue weighted by molar-refractivity contribution is 5.14. The standard InChI is InChI=1S/C11H16N2O/c14-10-5-2-6-13-7-9(12-11(10)13)8-3-1-4-8/h7-8,10,14H,1-6H2. The zero-order valence-corrected chi connectivity index (χ0v) is 8.32. The van der Waals surface area contributed by atoms with Crippen LogP contribution in [0.5, 0.6) is 0 Å². The van der Waals surface area contributed by atoms with Crippen molar-refractivity contribution in [3.63, 3.8) is 0 Å². The van der Waals surface area contributed by atoms with Crippen molar-refractivity contribution in [2.24, 2.45) is 0 Å². The predicted octanol–water partition coefficient (Wildman–Crippen LogP) is 1.98. The number of aliphatic hydroxyl groups is 1. The third-order valence-electron chi connectivity index (χ3n) is 3.52. The molecule has 3 rings (SSSR count). The smallest absolute Gasteiger partial charge is 0.137 e. The summed E-state index contributed by atoms with van der Waals surface area (Å²) in [6.45, 7) is 1.03. The Balaban J connectivity index is 1.93. The van der Waals surface area contributed by atoms with Gasteiger partial charge in [-0.1, -0.05) is 6.42 Å². The number of aromatic nitrogens is 2. The molecule has 0 radical (unpaired) electrons. The van der Waals surface area contributed by atoms with Gasteiger partial charge in [0.1, 0.15) is 11.9 Å². The van der Waals surface area contributed by atoms with Crippen molar-refractivity contribution in [2.45, 2.75) is 50.7 Å². The summed E-state index contributed by atoms with van der Waals surface area (Å²) in [6.07, 6.45) is 7.70. The Hall–Kier alpha value is -0.830. The van der Waals surface area contributed by atoms with Gasteiger partial charge in [-0.3, -0.25) is 0 Å². The van der Waals surface area contributed by atoms with Crippen molar-refractivity contribution in [2.75, 3.05) is 0 Å². The topological polar surface area (TPSA) is 38.0 Å². The number of rotatable bonds is 1. The lowest BCUT2D eigenvalue weighted by atomic mass is 9.83. The van der Waals surface area contributed by atoms with Crippen LogP contribution in [0.2, 0.25) is 0 Å². The summed E-state index contributed by atoms with van der Waals surface area (Å²) in [5.74, 6) is 1.58. The maximum atomic E-state index is 9.76. The van der Waals surface area contributed by atoms with Crippen LogP contribution in [0.4, 0.5) is 0 Å². The molecule has 0 aromatic carbocycles. The molecule has 0 saturated heterocycles. The molecule has 3 nitrogen and oxygen atoms in total. The van der Waals surface area contributed by atoms with Gasteiger partial charge in [0, 0.05) is 18.7 Å². The fraction of sp³-hybridized carbons (Fsp3) is 0.727. The van der Waals surface area contributed by atoms with E-state index in [1.807, 2.05) is 0 Å². The van der Waals surface area contributed by atoms with Crippen LogP contribution in [0.25, 0.3) is 0 Å². The minimum Gasteiger partial charge on any atom is -0.385 e. The molecular formula is C11H16N2O. The van der Waals surface area contributed by atoms with E-state index in [-0.39, 0.29) is 6.10 Å². The molecule has 2 aliphatic rings. The van der Waals surface area contributed by atoms with Crippen LogP contribution in [-0.4, -0.2) is 14.7 Å². The van der Waals surface area contributed by atoms with E-state index in [2.05, 4.69) is 15.7 Å². The summed E-state index contributed by atoms with van der Waals surface area (Å²) in [5, 5.41) is 9.76. The first kappa shape index (κ1) is 8.48. The van der Waals surface area contributed by atoms with E-state index in [1.165, 1.54) is 25.0 Å². The van der Waals surface area contributed by atoms with Gasteiger partial charge in [-0.15, -0.1) is 0 Å². The Labute approximate surface area is 83.8 Å². The lowest BCUT2D eigenvalue weighted by Crippen LogP contribution is -2.14. The first-order valence-corrected chi connectivity index (χ1v) is 5.59. The minimum atomic E-state index is -0.322. The molecule has 14 heavy (non-hydrogen) atoms.